The highest BCUT2D eigenvalue weighted by atomic mass is 32.2. The first kappa shape index (κ1) is 17.7. The molecule has 0 aliphatic heterocycles. The Hall–Kier alpha value is -2.68. The first-order chi connectivity index (χ1) is 11.5. The van der Waals surface area contributed by atoms with E-state index in [1.165, 1.54) is 23.9 Å². The van der Waals surface area contributed by atoms with Crippen LogP contribution in [-0.4, -0.2) is 28.1 Å². The molecule has 2 rings (SSSR count). The van der Waals surface area contributed by atoms with Gasteiger partial charge >= 0.3 is 0 Å². The van der Waals surface area contributed by atoms with Crippen molar-refractivity contribution in [1.82, 2.24) is 10.3 Å². The maximum absolute atomic E-state index is 12.8. The summed E-state index contributed by atoms with van der Waals surface area (Å²) in [5, 5.41) is 13.2. The van der Waals surface area contributed by atoms with Crippen LogP contribution in [0.25, 0.3) is 0 Å². The lowest BCUT2D eigenvalue weighted by molar-refractivity contribution is -0.385. The minimum Gasteiger partial charge on any atom is -0.352 e. The van der Waals surface area contributed by atoms with Gasteiger partial charge in [-0.3, -0.25) is 19.7 Å². The Bertz CT molecular complexity index is 792. The number of benzene rings is 1. The van der Waals surface area contributed by atoms with Crippen molar-refractivity contribution < 1.29 is 14.1 Å². The van der Waals surface area contributed by atoms with Gasteiger partial charge in [0.1, 0.15) is 11.4 Å². The second kappa shape index (κ2) is 8.25. The van der Waals surface area contributed by atoms with Gasteiger partial charge in [0.05, 0.1) is 11.1 Å². The summed E-state index contributed by atoms with van der Waals surface area (Å²) in [5.41, 5.74) is -1.33. The second-order valence-electron chi connectivity index (χ2n) is 4.77. The molecule has 126 valence electrons. The van der Waals surface area contributed by atoms with Crippen molar-refractivity contribution in [1.29, 1.82) is 0 Å². The Kier molecular flexibility index (Phi) is 6.07. The number of aromatic nitrogens is 1. The molecule has 0 aliphatic rings. The minimum absolute atomic E-state index is 0.296. The van der Waals surface area contributed by atoms with Gasteiger partial charge in [0.25, 0.3) is 17.2 Å². The third-order valence-electron chi connectivity index (χ3n) is 3.03. The van der Waals surface area contributed by atoms with E-state index >= 15 is 0 Å². The largest absolute Gasteiger partial charge is 0.352 e. The number of nitrogens with one attached hydrogen (secondary N) is 2. The fourth-order valence-electron chi connectivity index (χ4n) is 1.84. The Labute approximate surface area is 140 Å². The molecule has 2 aromatic rings. The summed E-state index contributed by atoms with van der Waals surface area (Å²) in [4.78, 5) is 36.5. The van der Waals surface area contributed by atoms with Crippen LogP contribution in [-0.2, 0) is 0 Å². The summed E-state index contributed by atoms with van der Waals surface area (Å²) in [6.07, 6.45) is 1.57. The van der Waals surface area contributed by atoms with E-state index in [2.05, 4.69) is 10.3 Å². The SMILES string of the molecule is O=C(NCCCSc1ccc(F)cc1)c1cc([N+](=O)[O-])c[nH]c1=O. The van der Waals surface area contributed by atoms with E-state index in [0.717, 1.165) is 17.2 Å². The lowest BCUT2D eigenvalue weighted by Gasteiger charge is -2.05. The molecule has 0 saturated heterocycles. The first-order valence-electron chi connectivity index (χ1n) is 7.01. The van der Waals surface area contributed by atoms with E-state index in [-0.39, 0.29) is 17.1 Å². The maximum atomic E-state index is 12.8. The zero-order valence-electron chi connectivity index (χ0n) is 12.5. The van der Waals surface area contributed by atoms with Gasteiger partial charge in [-0.1, -0.05) is 0 Å². The van der Waals surface area contributed by atoms with Crippen molar-refractivity contribution in [2.24, 2.45) is 0 Å². The van der Waals surface area contributed by atoms with E-state index in [4.69, 9.17) is 0 Å². The predicted molar refractivity (Wildman–Crippen MR) is 87.8 cm³/mol. The molecule has 0 radical (unpaired) electrons. The zero-order valence-corrected chi connectivity index (χ0v) is 13.3. The number of thioether (sulfide) groups is 1. The molecule has 0 saturated carbocycles. The van der Waals surface area contributed by atoms with E-state index < -0.39 is 16.4 Å². The third-order valence-corrected chi connectivity index (χ3v) is 4.13. The van der Waals surface area contributed by atoms with Gasteiger partial charge in [-0.15, -0.1) is 11.8 Å². The van der Waals surface area contributed by atoms with Crippen molar-refractivity contribution in [3.8, 4) is 0 Å². The Morgan fingerprint density at radius 3 is 2.71 bits per heavy atom. The monoisotopic (exact) mass is 351 g/mol. The van der Waals surface area contributed by atoms with Crippen LogP contribution in [0.4, 0.5) is 10.1 Å². The van der Waals surface area contributed by atoms with Crippen LogP contribution in [0.15, 0.2) is 46.2 Å². The number of rotatable bonds is 7. The van der Waals surface area contributed by atoms with Crippen molar-refractivity contribution in [2.45, 2.75) is 11.3 Å². The molecule has 0 atom stereocenters. The van der Waals surface area contributed by atoms with Crippen LogP contribution >= 0.6 is 11.8 Å². The molecular weight excluding hydrogens is 337 g/mol. The smallest absolute Gasteiger partial charge is 0.286 e. The number of hydrogen-bond acceptors (Lipinski definition) is 5. The summed E-state index contributed by atoms with van der Waals surface area (Å²) < 4.78 is 12.8. The van der Waals surface area contributed by atoms with Gasteiger partial charge in [-0.05, 0) is 36.4 Å². The molecule has 1 amide bonds. The van der Waals surface area contributed by atoms with Crippen LogP contribution < -0.4 is 10.9 Å². The number of aromatic amines is 1. The molecule has 9 heteroatoms. The van der Waals surface area contributed by atoms with Gasteiger partial charge in [-0.2, -0.15) is 0 Å². The molecule has 1 aromatic carbocycles. The maximum Gasteiger partial charge on any atom is 0.286 e. The summed E-state index contributed by atoms with van der Waals surface area (Å²) in [7, 11) is 0. The fraction of sp³-hybridized carbons (Fsp3) is 0.200. The zero-order chi connectivity index (χ0) is 17.5. The van der Waals surface area contributed by atoms with E-state index in [9.17, 15) is 24.1 Å². The standard InChI is InChI=1S/C15H14FN3O4S/c16-10-2-4-12(5-3-10)24-7-1-6-17-14(20)13-8-11(19(22)23)9-18-15(13)21/h2-5,8-9H,1,6-7H2,(H,17,20)(H,18,21). The molecule has 0 spiro atoms. The number of amides is 1. The molecule has 0 fully saturated rings. The number of hydrogen-bond donors (Lipinski definition) is 2. The van der Waals surface area contributed by atoms with Crippen LogP contribution in [0, 0.1) is 15.9 Å². The lowest BCUT2D eigenvalue weighted by Crippen LogP contribution is -2.30. The Morgan fingerprint density at radius 1 is 1.33 bits per heavy atom. The number of H-pyrrole nitrogens is 1. The van der Waals surface area contributed by atoms with E-state index in [1.807, 2.05) is 0 Å². The van der Waals surface area contributed by atoms with Gasteiger partial charge in [0, 0.05) is 17.5 Å². The minimum atomic E-state index is -0.688. The predicted octanol–water partition coefficient (Wildman–Crippen LogP) is 2.33. The highest BCUT2D eigenvalue weighted by Crippen LogP contribution is 2.18. The van der Waals surface area contributed by atoms with Gasteiger partial charge in [0.2, 0.25) is 0 Å². The number of halogens is 1. The molecule has 1 heterocycles. The van der Waals surface area contributed by atoms with Crippen LogP contribution in [0.5, 0.6) is 0 Å². The average molecular weight is 351 g/mol. The van der Waals surface area contributed by atoms with Crippen LogP contribution in [0.2, 0.25) is 0 Å². The summed E-state index contributed by atoms with van der Waals surface area (Å²) in [5.74, 6) is -0.266. The summed E-state index contributed by atoms with van der Waals surface area (Å²) in [6.45, 7) is 0.315. The van der Waals surface area contributed by atoms with Crippen molar-refractivity contribution in [2.75, 3.05) is 12.3 Å². The molecule has 2 N–H and O–H groups in total. The quantitative estimate of drug-likeness (QED) is 0.345. The van der Waals surface area contributed by atoms with Gasteiger partial charge in [0.15, 0.2) is 0 Å². The van der Waals surface area contributed by atoms with Crippen molar-refractivity contribution in [3.63, 3.8) is 0 Å². The highest BCUT2D eigenvalue weighted by Gasteiger charge is 2.15. The number of nitrogens with zero attached hydrogens (tertiary/aromatic N) is 1. The number of nitro groups is 1. The summed E-state index contributed by atoms with van der Waals surface area (Å²) >= 11 is 1.51. The molecule has 0 unspecified atom stereocenters. The molecule has 24 heavy (non-hydrogen) atoms. The lowest BCUT2D eigenvalue weighted by atomic mass is 10.2. The van der Waals surface area contributed by atoms with E-state index in [1.54, 1.807) is 12.1 Å². The number of pyridine rings is 1. The van der Waals surface area contributed by atoms with Crippen LogP contribution in [0.3, 0.4) is 0 Å². The second-order valence-corrected chi connectivity index (χ2v) is 5.94. The van der Waals surface area contributed by atoms with Crippen LogP contribution in [0.1, 0.15) is 16.8 Å². The normalized spacial score (nSPS) is 10.4. The molecule has 1 aromatic heterocycles. The molecular formula is C15H14FN3O4S. The van der Waals surface area contributed by atoms with E-state index in [0.29, 0.717) is 18.7 Å². The molecule has 7 nitrogen and oxygen atoms in total. The van der Waals surface area contributed by atoms with Crippen molar-refractivity contribution in [3.05, 3.63) is 68.4 Å². The average Bonchev–Trinajstić information content (AvgIpc) is 2.56. The van der Waals surface area contributed by atoms with Crippen molar-refractivity contribution >= 4 is 23.4 Å². The first-order valence-corrected chi connectivity index (χ1v) is 7.99. The molecule has 0 aliphatic carbocycles. The topological polar surface area (TPSA) is 105 Å². The molecule has 0 bridgehead atoms. The summed E-state index contributed by atoms with van der Waals surface area (Å²) in [6, 6.07) is 7.03. The Morgan fingerprint density at radius 2 is 2.04 bits per heavy atom. The Balaban J connectivity index is 1.81. The third kappa shape index (κ3) is 4.92. The number of carbonyl (C=O) groups is 1. The van der Waals surface area contributed by atoms with Gasteiger partial charge in [-0.25, -0.2) is 4.39 Å². The fourth-order valence-corrected chi connectivity index (χ4v) is 2.69. The van der Waals surface area contributed by atoms with Gasteiger partial charge < -0.3 is 10.3 Å². The highest BCUT2D eigenvalue weighted by molar-refractivity contribution is 7.99. The number of carbonyl (C=O) groups excluding carboxylic acids is 1.